The van der Waals surface area contributed by atoms with Crippen LogP contribution in [-0.4, -0.2) is 28.3 Å². The van der Waals surface area contributed by atoms with Crippen molar-refractivity contribution in [3.63, 3.8) is 0 Å². The molecule has 0 atom stereocenters. The van der Waals surface area contributed by atoms with Gasteiger partial charge in [-0.15, -0.1) is 11.3 Å². The van der Waals surface area contributed by atoms with Crippen LogP contribution in [0.5, 0.6) is 0 Å². The van der Waals surface area contributed by atoms with Crippen LogP contribution in [-0.2, 0) is 6.54 Å². The second-order valence-corrected chi connectivity index (χ2v) is 6.41. The maximum Gasteiger partial charge on any atom is 0.346 e. The maximum atomic E-state index is 11.4. The number of carboxylic acids is 1. The van der Waals surface area contributed by atoms with Crippen molar-refractivity contribution >= 4 is 27.4 Å². The van der Waals surface area contributed by atoms with Gasteiger partial charge in [0.1, 0.15) is 4.88 Å². The minimum absolute atomic E-state index is 0.109. The van der Waals surface area contributed by atoms with E-state index in [9.17, 15) is 15.0 Å². The number of carbonyl (C=O) groups is 1. The predicted octanol–water partition coefficient (Wildman–Crippen LogP) is 2.60. The van der Waals surface area contributed by atoms with Gasteiger partial charge in [0.2, 0.25) is 0 Å². The summed E-state index contributed by atoms with van der Waals surface area (Å²) in [4.78, 5) is 11.8. The molecule has 0 bridgehead atoms. The van der Waals surface area contributed by atoms with Crippen LogP contribution in [0.3, 0.4) is 0 Å². The highest BCUT2D eigenvalue weighted by Crippen LogP contribution is 2.34. The molecule has 0 spiro atoms. The largest absolute Gasteiger partial charge is 0.477 e. The molecule has 20 heavy (non-hydrogen) atoms. The lowest BCUT2D eigenvalue weighted by atomic mass is 9.77. The number of aliphatic hydroxyl groups is 1. The van der Waals surface area contributed by atoms with Gasteiger partial charge in [-0.3, -0.25) is 0 Å². The molecular weight excluding hydrogens is 274 g/mol. The predicted molar refractivity (Wildman–Crippen MR) is 79.3 cm³/mol. The summed E-state index contributed by atoms with van der Waals surface area (Å²) < 4.78 is 0.994. The fourth-order valence-corrected chi connectivity index (χ4v) is 3.78. The van der Waals surface area contributed by atoms with E-state index < -0.39 is 5.97 Å². The second-order valence-electron chi connectivity index (χ2n) is 5.36. The van der Waals surface area contributed by atoms with Gasteiger partial charge in [-0.2, -0.15) is 0 Å². The van der Waals surface area contributed by atoms with Gasteiger partial charge in [0.25, 0.3) is 0 Å². The van der Waals surface area contributed by atoms with Crippen LogP contribution < -0.4 is 5.32 Å². The zero-order valence-corrected chi connectivity index (χ0v) is 11.9. The summed E-state index contributed by atoms with van der Waals surface area (Å²) in [6, 6.07) is 7.75. The minimum atomic E-state index is -0.880. The molecule has 1 aliphatic carbocycles. The van der Waals surface area contributed by atoms with E-state index in [1.807, 2.05) is 24.3 Å². The summed E-state index contributed by atoms with van der Waals surface area (Å²) in [5, 5.41) is 23.2. The van der Waals surface area contributed by atoms with Crippen LogP contribution in [0, 0.1) is 0 Å². The average molecular weight is 291 g/mol. The van der Waals surface area contributed by atoms with Crippen molar-refractivity contribution in [2.75, 3.05) is 6.61 Å². The van der Waals surface area contributed by atoms with Crippen molar-refractivity contribution in [2.24, 2.45) is 0 Å². The minimum Gasteiger partial charge on any atom is -0.477 e. The van der Waals surface area contributed by atoms with Gasteiger partial charge in [-0.25, -0.2) is 4.79 Å². The molecule has 3 N–H and O–H groups in total. The Labute approximate surface area is 121 Å². The Morgan fingerprint density at radius 1 is 1.35 bits per heavy atom. The SMILES string of the molecule is O=C(O)c1sc2ccccc2c1CNC1(CO)CCC1. The van der Waals surface area contributed by atoms with Crippen molar-refractivity contribution < 1.29 is 15.0 Å². The Balaban J connectivity index is 1.93. The number of thiophene rings is 1. The van der Waals surface area contributed by atoms with Crippen molar-refractivity contribution in [1.82, 2.24) is 5.32 Å². The number of hydrogen-bond acceptors (Lipinski definition) is 4. The van der Waals surface area contributed by atoms with E-state index in [4.69, 9.17) is 0 Å². The molecule has 0 unspecified atom stereocenters. The maximum absolute atomic E-state index is 11.4. The van der Waals surface area contributed by atoms with E-state index in [0.29, 0.717) is 11.4 Å². The van der Waals surface area contributed by atoms with Gasteiger partial charge in [0.15, 0.2) is 0 Å². The number of hydrogen-bond donors (Lipinski definition) is 3. The molecule has 106 valence electrons. The van der Waals surface area contributed by atoms with Crippen LogP contribution in [0.4, 0.5) is 0 Å². The van der Waals surface area contributed by atoms with Crippen LogP contribution in [0.25, 0.3) is 10.1 Å². The van der Waals surface area contributed by atoms with E-state index in [-0.39, 0.29) is 12.1 Å². The first-order chi connectivity index (χ1) is 9.65. The van der Waals surface area contributed by atoms with Gasteiger partial charge in [-0.1, -0.05) is 18.2 Å². The van der Waals surface area contributed by atoms with E-state index in [2.05, 4.69) is 5.32 Å². The first-order valence-electron chi connectivity index (χ1n) is 6.75. The summed E-state index contributed by atoms with van der Waals surface area (Å²) in [6.45, 7) is 0.601. The highest BCUT2D eigenvalue weighted by Gasteiger charge is 2.36. The van der Waals surface area contributed by atoms with E-state index in [1.165, 1.54) is 11.3 Å². The van der Waals surface area contributed by atoms with E-state index in [1.54, 1.807) is 0 Å². The normalized spacial score (nSPS) is 17.1. The Bertz CT molecular complexity index is 640. The molecule has 3 rings (SSSR count). The summed E-state index contributed by atoms with van der Waals surface area (Å²) in [6.07, 6.45) is 3.02. The average Bonchev–Trinajstić information content (AvgIpc) is 2.77. The van der Waals surface area contributed by atoms with Crippen molar-refractivity contribution in [3.8, 4) is 0 Å². The van der Waals surface area contributed by atoms with E-state index in [0.717, 1.165) is 34.9 Å². The fraction of sp³-hybridized carbons (Fsp3) is 0.400. The Morgan fingerprint density at radius 2 is 2.10 bits per heavy atom. The number of aliphatic hydroxyl groups excluding tert-OH is 1. The number of nitrogens with one attached hydrogen (secondary N) is 1. The fourth-order valence-electron chi connectivity index (χ4n) is 2.72. The molecule has 0 radical (unpaired) electrons. The van der Waals surface area contributed by atoms with Gasteiger partial charge in [0.05, 0.1) is 6.61 Å². The third-order valence-electron chi connectivity index (χ3n) is 4.15. The lowest BCUT2D eigenvalue weighted by molar-refractivity contribution is 0.0698. The standard InChI is InChI=1S/C15H17NO3S/c17-9-15(6-3-7-15)16-8-11-10-4-1-2-5-12(10)20-13(11)14(18)19/h1-2,4-5,16-17H,3,6-9H2,(H,18,19). The van der Waals surface area contributed by atoms with Crippen LogP contribution >= 0.6 is 11.3 Å². The summed E-state index contributed by atoms with van der Waals surface area (Å²) >= 11 is 1.31. The monoisotopic (exact) mass is 291 g/mol. The smallest absolute Gasteiger partial charge is 0.346 e. The summed E-state index contributed by atoms with van der Waals surface area (Å²) in [7, 11) is 0. The molecule has 2 aromatic rings. The Kier molecular flexibility index (Phi) is 3.50. The van der Waals surface area contributed by atoms with Crippen molar-refractivity contribution in [3.05, 3.63) is 34.7 Å². The number of aromatic carboxylic acids is 1. The molecule has 0 amide bonds. The van der Waals surface area contributed by atoms with Crippen molar-refractivity contribution in [1.29, 1.82) is 0 Å². The Hall–Kier alpha value is -1.43. The highest BCUT2D eigenvalue weighted by atomic mass is 32.1. The Morgan fingerprint density at radius 3 is 2.70 bits per heavy atom. The quantitative estimate of drug-likeness (QED) is 0.792. The molecule has 1 aromatic heterocycles. The zero-order valence-electron chi connectivity index (χ0n) is 11.1. The molecule has 5 heteroatoms. The summed E-state index contributed by atoms with van der Waals surface area (Å²) in [5.74, 6) is -0.880. The van der Waals surface area contributed by atoms with E-state index >= 15 is 0 Å². The molecule has 4 nitrogen and oxygen atoms in total. The third-order valence-corrected chi connectivity index (χ3v) is 5.35. The molecule has 1 aliphatic rings. The van der Waals surface area contributed by atoms with Gasteiger partial charge in [0, 0.05) is 16.8 Å². The highest BCUT2D eigenvalue weighted by molar-refractivity contribution is 7.21. The zero-order chi connectivity index (χ0) is 14.2. The van der Waals surface area contributed by atoms with Crippen molar-refractivity contribution in [2.45, 2.75) is 31.3 Å². The molecular formula is C15H17NO3S. The molecule has 0 aliphatic heterocycles. The molecule has 1 saturated carbocycles. The van der Waals surface area contributed by atoms with Crippen LogP contribution in [0.15, 0.2) is 24.3 Å². The third kappa shape index (κ3) is 2.22. The number of rotatable bonds is 5. The van der Waals surface area contributed by atoms with Gasteiger partial charge >= 0.3 is 5.97 Å². The molecule has 1 aromatic carbocycles. The van der Waals surface area contributed by atoms with Gasteiger partial charge in [-0.05, 0) is 36.3 Å². The lowest BCUT2D eigenvalue weighted by Gasteiger charge is -2.41. The molecule has 1 heterocycles. The van der Waals surface area contributed by atoms with Crippen LogP contribution in [0.1, 0.15) is 34.5 Å². The molecule has 0 saturated heterocycles. The first-order valence-corrected chi connectivity index (χ1v) is 7.56. The first kappa shape index (κ1) is 13.5. The number of fused-ring (bicyclic) bond motifs is 1. The van der Waals surface area contributed by atoms with Crippen LogP contribution in [0.2, 0.25) is 0 Å². The molecule has 1 fully saturated rings. The lowest BCUT2D eigenvalue weighted by Crippen LogP contribution is -2.53. The number of carboxylic acid groups (broad SMARTS) is 1. The summed E-state index contributed by atoms with van der Waals surface area (Å²) in [5.41, 5.74) is 0.622. The second kappa shape index (κ2) is 5.16. The topological polar surface area (TPSA) is 69.6 Å². The van der Waals surface area contributed by atoms with Gasteiger partial charge < -0.3 is 15.5 Å². The number of benzene rings is 1.